The van der Waals surface area contributed by atoms with Crippen LogP contribution in [0.25, 0.3) is 0 Å². The second kappa shape index (κ2) is 9.01. The third-order valence-corrected chi connectivity index (χ3v) is 5.10. The molecule has 2 unspecified atom stereocenters. The maximum atomic E-state index is 10.0. The molecule has 1 aliphatic carbocycles. The molecule has 0 radical (unpaired) electrons. The molecule has 3 nitrogen and oxygen atoms in total. The van der Waals surface area contributed by atoms with E-state index in [1.165, 1.54) is 38.5 Å². The molecule has 0 aliphatic heterocycles. The van der Waals surface area contributed by atoms with Gasteiger partial charge in [-0.1, -0.05) is 33.6 Å². The van der Waals surface area contributed by atoms with Crippen molar-refractivity contribution in [3.63, 3.8) is 0 Å². The lowest BCUT2D eigenvalue weighted by Gasteiger charge is -2.44. The van der Waals surface area contributed by atoms with Crippen molar-refractivity contribution in [2.24, 2.45) is 11.3 Å². The first kappa shape index (κ1) is 17.9. The fourth-order valence-corrected chi connectivity index (χ4v) is 3.94. The van der Waals surface area contributed by atoms with Gasteiger partial charge in [-0.15, -0.1) is 0 Å². The second-order valence-corrected chi connectivity index (χ2v) is 6.79. The summed E-state index contributed by atoms with van der Waals surface area (Å²) in [6.07, 6.45) is 7.30. The number of methoxy groups -OCH3 is 1. The zero-order valence-electron chi connectivity index (χ0n) is 14.0. The van der Waals surface area contributed by atoms with E-state index < -0.39 is 0 Å². The molecule has 1 saturated carbocycles. The monoisotopic (exact) mass is 285 g/mol. The molecular weight excluding hydrogens is 250 g/mol. The van der Waals surface area contributed by atoms with E-state index in [1.807, 2.05) is 0 Å². The summed E-state index contributed by atoms with van der Waals surface area (Å²) in [5.41, 5.74) is 0.119. The van der Waals surface area contributed by atoms with Gasteiger partial charge in [-0.25, -0.2) is 0 Å². The minimum atomic E-state index is 0.119. The van der Waals surface area contributed by atoms with Gasteiger partial charge in [0.25, 0.3) is 0 Å². The van der Waals surface area contributed by atoms with Crippen molar-refractivity contribution in [1.29, 1.82) is 0 Å². The van der Waals surface area contributed by atoms with Crippen molar-refractivity contribution in [1.82, 2.24) is 4.90 Å². The Labute approximate surface area is 125 Å². The van der Waals surface area contributed by atoms with E-state index in [0.717, 1.165) is 25.6 Å². The van der Waals surface area contributed by atoms with Gasteiger partial charge in [0, 0.05) is 38.3 Å². The van der Waals surface area contributed by atoms with Gasteiger partial charge < -0.3 is 9.84 Å². The number of hydrogen-bond acceptors (Lipinski definition) is 3. The van der Waals surface area contributed by atoms with E-state index in [-0.39, 0.29) is 5.41 Å². The Balaban J connectivity index is 2.73. The highest BCUT2D eigenvalue weighted by Gasteiger charge is 2.36. The molecule has 0 saturated heterocycles. The van der Waals surface area contributed by atoms with Gasteiger partial charge in [0.15, 0.2) is 0 Å². The average molecular weight is 285 g/mol. The zero-order valence-corrected chi connectivity index (χ0v) is 14.0. The Hall–Kier alpha value is -0.120. The van der Waals surface area contributed by atoms with E-state index in [4.69, 9.17) is 4.74 Å². The summed E-state index contributed by atoms with van der Waals surface area (Å²) in [6, 6.07) is 0.616. The van der Waals surface area contributed by atoms with Gasteiger partial charge >= 0.3 is 0 Å². The fraction of sp³-hybridized carbons (Fsp3) is 1.00. The molecule has 1 N–H and O–H groups in total. The van der Waals surface area contributed by atoms with E-state index in [1.54, 1.807) is 7.11 Å². The number of aliphatic hydroxyl groups is 1. The summed E-state index contributed by atoms with van der Waals surface area (Å²) in [4.78, 5) is 2.57. The van der Waals surface area contributed by atoms with Gasteiger partial charge in [0.1, 0.15) is 0 Å². The van der Waals surface area contributed by atoms with E-state index in [2.05, 4.69) is 25.7 Å². The fourth-order valence-electron chi connectivity index (χ4n) is 3.94. The molecular formula is C17H35NO2. The minimum absolute atomic E-state index is 0.119. The van der Waals surface area contributed by atoms with Crippen LogP contribution in [0.5, 0.6) is 0 Å². The Morgan fingerprint density at radius 1 is 1.35 bits per heavy atom. The third kappa shape index (κ3) is 5.01. The topological polar surface area (TPSA) is 32.7 Å². The third-order valence-electron chi connectivity index (χ3n) is 5.10. The minimum Gasteiger partial charge on any atom is -0.396 e. The average Bonchev–Trinajstić information content (AvgIpc) is 2.45. The molecule has 1 aliphatic rings. The second-order valence-electron chi connectivity index (χ2n) is 6.79. The molecule has 120 valence electrons. The first-order valence-corrected chi connectivity index (χ1v) is 8.44. The quantitative estimate of drug-likeness (QED) is 0.705. The first-order chi connectivity index (χ1) is 9.60. The molecule has 0 aromatic rings. The maximum absolute atomic E-state index is 10.0. The van der Waals surface area contributed by atoms with Crippen molar-refractivity contribution in [3.05, 3.63) is 0 Å². The predicted molar refractivity (Wildman–Crippen MR) is 85.0 cm³/mol. The van der Waals surface area contributed by atoms with Crippen LogP contribution in [0.1, 0.15) is 59.3 Å². The van der Waals surface area contributed by atoms with Crippen LogP contribution in [0.4, 0.5) is 0 Å². The SMILES string of the molecule is CCC(CC)N(CCOC)CC1(CO)CCCC(C)C1. The Bertz CT molecular complexity index is 255. The van der Waals surface area contributed by atoms with Crippen LogP contribution in [0.15, 0.2) is 0 Å². The lowest BCUT2D eigenvalue weighted by molar-refractivity contribution is 0.00111. The van der Waals surface area contributed by atoms with Crippen molar-refractivity contribution in [2.45, 2.75) is 65.3 Å². The summed E-state index contributed by atoms with van der Waals surface area (Å²) in [7, 11) is 1.77. The smallest absolute Gasteiger partial charge is 0.0589 e. The van der Waals surface area contributed by atoms with Gasteiger partial charge in [-0.2, -0.15) is 0 Å². The molecule has 2 atom stereocenters. The highest BCUT2D eigenvalue weighted by molar-refractivity contribution is 4.89. The Morgan fingerprint density at radius 3 is 2.55 bits per heavy atom. The van der Waals surface area contributed by atoms with Crippen LogP contribution in [0.2, 0.25) is 0 Å². The van der Waals surface area contributed by atoms with Gasteiger partial charge in [0.2, 0.25) is 0 Å². The van der Waals surface area contributed by atoms with Crippen LogP contribution in [-0.4, -0.2) is 49.5 Å². The number of ether oxygens (including phenoxy) is 1. The predicted octanol–water partition coefficient (Wildman–Crippen LogP) is 3.31. The molecule has 20 heavy (non-hydrogen) atoms. The number of aliphatic hydroxyl groups excluding tert-OH is 1. The molecule has 3 heteroatoms. The highest BCUT2D eigenvalue weighted by atomic mass is 16.5. The van der Waals surface area contributed by atoms with Crippen LogP contribution in [0, 0.1) is 11.3 Å². The van der Waals surface area contributed by atoms with E-state index in [0.29, 0.717) is 12.6 Å². The van der Waals surface area contributed by atoms with Crippen LogP contribution >= 0.6 is 0 Å². The van der Waals surface area contributed by atoms with Crippen molar-refractivity contribution < 1.29 is 9.84 Å². The van der Waals surface area contributed by atoms with Crippen molar-refractivity contribution in [3.8, 4) is 0 Å². The van der Waals surface area contributed by atoms with Gasteiger partial charge in [-0.3, -0.25) is 4.90 Å². The summed E-state index contributed by atoms with van der Waals surface area (Å²) in [6.45, 7) is 10.0. The normalized spacial score (nSPS) is 27.4. The van der Waals surface area contributed by atoms with Gasteiger partial charge in [-0.05, 0) is 31.6 Å². The largest absolute Gasteiger partial charge is 0.396 e. The molecule has 0 heterocycles. The first-order valence-electron chi connectivity index (χ1n) is 8.44. The van der Waals surface area contributed by atoms with E-state index in [9.17, 15) is 5.11 Å². The summed E-state index contributed by atoms with van der Waals surface area (Å²) < 4.78 is 5.28. The van der Waals surface area contributed by atoms with E-state index >= 15 is 0 Å². The Kier molecular flexibility index (Phi) is 8.08. The number of nitrogens with zero attached hydrogens (tertiary/aromatic N) is 1. The lowest BCUT2D eigenvalue weighted by Crippen LogP contribution is -2.48. The molecule has 0 aromatic heterocycles. The molecule has 1 rings (SSSR count). The van der Waals surface area contributed by atoms with Crippen LogP contribution < -0.4 is 0 Å². The van der Waals surface area contributed by atoms with Crippen molar-refractivity contribution in [2.75, 3.05) is 33.4 Å². The number of hydrogen-bond donors (Lipinski definition) is 1. The van der Waals surface area contributed by atoms with Crippen molar-refractivity contribution >= 4 is 0 Å². The standard InChI is InChI=1S/C17H35NO2/c1-5-16(6-2)18(10-11-20-4)13-17(14-19)9-7-8-15(3)12-17/h15-16,19H,5-14H2,1-4H3. The zero-order chi connectivity index (χ0) is 15.0. The Morgan fingerprint density at radius 2 is 2.05 bits per heavy atom. The summed E-state index contributed by atoms with van der Waals surface area (Å²) >= 11 is 0. The summed E-state index contributed by atoms with van der Waals surface area (Å²) in [5, 5.41) is 10.0. The summed E-state index contributed by atoms with van der Waals surface area (Å²) in [5.74, 6) is 0.752. The lowest BCUT2D eigenvalue weighted by atomic mass is 9.70. The molecule has 0 amide bonds. The highest BCUT2D eigenvalue weighted by Crippen LogP contribution is 2.40. The molecule has 1 fully saturated rings. The molecule has 0 bridgehead atoms. The molecule has 0 aromatic carbocycles. The van der Waals surface area contributed by atoms with Crippen LogP contribution in [0.3, 0.4) is 0 Å². The maximum Gasteiger partial charge on any atom is 0.0589 e. The molecule has 0 spiro atoms. The van der Waals surface area contributed by atoms with Gasteiger partial charge in [0.05, 0.1) is 6.61 Å². The number of rotatable bonds is 9. The van der Waals surface area contributed by atoms with Crippen LogP contribution in [-0.2, 0) is 4.74 Å².